The number of imidazole rings is 1. The molecule has 0 saturated carbocycles. The number of nitrogens with zero attached hydrogens (tertiary/aromatic N) is 2. The Morgan fingerprint density at radius 2 is 2.32 bits per heavy atom. The SMILES string of the molecule is CC(NS(=O)(=O)c1cn(C)cn1)C1CCCNC1.Cl. The van der Waals surface area contributed by atoms with Crippen molar-refractivity contribution in [3.63, 3.8) is 0 Å². The first kappa shape index (κ1) is 16.4. The summed E-state index contributed by atoms with van der Waals surface area (Å²) >= 11 is 0. The van der Waals surface area contributed by atoms with Gasteiger partial charge in [0.25, 0.3) is 10.0 Å². The molecule has 2 rings (SSSR count). The summed E-state index contributed by atoms with van der Waals surface area (Å²) in [4.78, 5) is 3.88. The van der Waals surface area contributed by atoms with Crippen molar-refractivity contribution in [2.24, 2.45) is 13.0 Å². The van der Waals surface area contributed by atoms with Crippen molar-refractivity contribution >= 4 is 22.4 Å². The minimum Gasteiger partial charge on any atom is -0.339 e. The normalized spacial score (nSPS) is 21.7. The largest absolute Gasteiger partial charge is 0.339 e. The molecule has 19 heavy (non-hydrogen) atoms. The molecule has 1 aromatic heterocycles. The molecule has 110 valence electrons. The van der Waals surface area contributed by atoms with Gasteiger partial charge in [0.15, 0.2) is 5.03 Å². The molecule has 1 aliphatic rings. The quantitative estimate of drug-likeness (QED) is 0.850. The molecule has 2 N–H and O–H groups in total. The molecule has 1 fully saturated rings. The van der Waals surface area contributed by atoms with Crippen molar-refractivity contribution in [1.82, 2.24) is 19.6 Å². The average molecular weight is 309 g/mol. The third-order valence-corrected chi connectivity index (χ3v) is 4.78. The maximum atomic E-state index is 12.1. The van der Waals surface area contributed by atoms with Crippen LogP contribution in [0.25, 0.3) is 0 Å². The second kappa shape index (κ2) is 6.69. The number of aromatic nitrogens is 2. The summed E-state index contributed by atoms with van der Waals surface area (Å²) in [6.07, 6.45) is 5.15. The summed E-state index contributed by atoms with van der Waals surface area (Å²) in [6, 6.07) is -0.0789. The van der Waals surface area contributed by atoms with Gasteiger partial charge in [-0.1, -0.05) is 0 Å². The number of piperidine rings is 1. The molecule has 1 aromatic rings. The van der Waals surface area contributed by atoms with Crippen molar-refractivity contribution in [3.05, 3.63) is 12.5 Å². The molecule has 0 bridgehead atoms. The first-order valence-corrected chi connectivity index (χ1v) is 7.68. The molecule has 6 nitrogen and oxygen atoms in total. The number of halogens is 1. The van der Waals surface area contributed by atoms with Gasteiger partial charge in [-0.2, -0.15) is 0 Å². The summed E-state index contributed by atoms with van der Waals surface area (Å²) in [5, 5.41) is 3.37. The van der Waals surface area contributed by atoms with Gasteiger partial charge in [-0.25, -0.2) is 18.1 Å². The van der Waals surface area contributed by atoms with Crippen LogP contribution in [0.15, 0.2) is 17.6 Å². The lowest BCUT2D eigenvalue weighted by Gasteiger charge is -2.28. The van der Waals surface area contributed by atoms with E-state index in [9.17, 15) is 8.42 Å². The fraction of sp³-hybridized carbons (Fsp3) is 0.727. The van der Waals surface area contributed by atoms with Gasteiger partial charge in [-0.3, -0.25) is 0 Å². The molecule has 8 heteroatoms. The molecule has 0 aliphatic carbocycles. The van der Waals surface area contributed by atoms with Crippen LogP contribution in [0.1, 0.15) is 19.8 Å². The maximum absolute atomic E-state index is 12.1. The Labute approximate surface area is 120 Å². The van der Waals surface area contributed by atoms with Crippen LogP contribution in [-0.4, -0.2) is 37.1 Å². The monoisotopic (exact) mass is 308 g/mol. The summed E-state index contributed by atoms with van der Waals surface area (Å²) in [5.74, 6) is 0.345. The Morgan fingerprint density at radius 3 is 2.84 bits per heavy atom. The molecule has 0 aromatic carbocycles. The van der Waals surface area contributed by atoms with Crippen molar-refractivity contribution in [1.29, 1.82) is 0 Å². The van der Waals surface area contributed by atoms with Crippen LogP contribution in [0.5, 0.6) is 0 Å². The number of nitrogens with one attached hydrogen (secondary N) is 2. The third-order valence-electron chi connectivity index (χ3n) is 3.34. The molecular formula is C11H21ClN4O2S. The van der Waals surface area contributed by atoms with E-state index in [0.29, 0.717) is 5.92 Å². The number of hydrogen-bond donors (Lipinski definition) is 2. The van der Waals surface area contributed by atoms with E-state index >= 15 is 0 Å². The lowest BCUT2D eigenvalue weighted by atomic mass is 9.94. The predicted octanol–water partition coefficient (Wildman–Crippen LogP) is 0.508. The first-order valence-electron chi connectivity index (χ1n) is 6.20. The van der Waals surface area contributed by atoms with Crippen LogP contribution < -0.4 is 10.0 Å². The molecule has 0 radical (unpaired) electrons. The fourth-order valence-electron chi connectivity index (χ4n) is 2.23. The zero-order valence-electron chi connectivity index (χ0n) is 11.2. The maximum Gasteiger partial charge on any atom is 0.259 e. The van der Waals surface area contributed by atoms with Gasteiger partial charge < -0.3 is 9.88 Å². The van der Waals surface area contributed by atoms with Gasteiger partial charge in [-0.15, -0.1) is 12.4 Å². The van der Waals surface area contributed by atoms with Gasteiger partial charge in [-0.05, 0) is 38.8 Å². The molecule has 1 saturated heterocycles. The molecule has 0 amide bonds. The Balaban J connectivity index is 0.00000180. The highest BCUT2D eigenvalue weighted by molar-refractivity contribution is 7.89. The van der Waals surface area contributed by atoms with Crippen LogP contribution >= 0.6 is 12.4 Å². The smallest absolute Gasteiger partial charge is 0.259 e. The number of aryl methyl sites for hydroxylation is 1. The first-order chi connectivity index (χ1) is 8.49. The topological polar surface area (TPSA) is 76.0 Å². The summed E-state index contributed by atoms with van der Waals surface area (Å²) < 4.78 is 28.5. The number of hydrogen-bond acceptors (Lipinski definition) is 4. The van der Waals surface area contributed by atoms with E-state index in [4.69, 9.17) is 0 Å². The molecular weight excluding hydrogens is 288 g/mol. The van der Waals surface area contributed by atoms with E-state index in [-0.39, 0.29) is 23.5 Å². The Kier molecular flexibility index (Phi) is 5.79. The van der Waals surface area contributed by atoms with Crippen molar-refractivity contribution in [2.45, 2.75) is 30.8 Å². The van der Waals surface area contributed by atoms with E-state index in [1.54, 1.807) is 11.6 Å². The van der Waals surface area contributed by atoms with Crippen LogP contribution in [0.2, 0.25) is 0 Å². The Bertz CT molecular complexity index is 497. The highest BCUT2D eigenvalue weighted by Crippen LogP contribution is 2.16. The predicted molar refractivity (Wildman–Crippen MR) is 75.8 cm³/mol. The minimum atomic E-state index is -3.50. The fourth-order valence-corrected chi connectivity index (χ4v) is 3.53. The minimum absolute atomic E-state index is 0. The van der Waals surface area contributed by atoms with Crippen molar-refractivity contribution in [3.8, 4) is 0 Å². The number of rotatable bonds is 4. The van der Waals surface area contributed by atoms with E-state index in [2.05, 4.69) is 15.0 Å². The summed E-state index contributed by atoms with van der Waals surface area (Å²) in [5.41, 5.74) is 0. The molecule has 2 atom stereocenters. The second-order valence-corrected chi connectivity index (χ2v) is 6.55. The number of sulfonamides is 1. The highest BCUT2D eigenvalue weighted by Gasteiger charge is 2.26. The van der Waals surface area contributed by atoms with Gasteiger partial charge in [0.1, 0.15) is 0 Å². The van der Waals surface area contributed by atoms with E-state index < -0.39 is 10.0 Å². The summed E-state index contributed by atoms with van der Waals surface area (Å²) in [6.45, 7) is 3.81. The Morgan fingerprint density at radius 1 is 1.58 bits per heavy atom. The van der Waals surface area contributed by atoms with Gasteiger partial charge >= 0.3 is 0 Å². The third kappa shape index (κ3) is 4.17. The van der Waals surface area contributed by atoms with Crippen molar-refractivity contribution < 1.29 is 8.42 Å². The van der Waals surface area contributed by atoms with Crippen LogP contribution in [0.3, 0.4) is 0 Å². The highest BCUT2D eigenvalue weighted by atomic mass is 35.5. The zero-order chi connectivity index (χ0) is 13.2. The molecule has 0 spiro atoms. The molecule has 2 heterocycles. The van der Waals surface area contributed by atoms with Crippen LogP contribution in [0.4, 0.5) is 0 Å². The van der Waals surface area contributed by atoms with Gasteiger partial charge in [0, 0.05) is 19.3 Å². The lowest BCUT2D eigenvalue weighted by molar-refractivity contribution is 0.320. The summed E-state index contributed by atoms with van der Waals surface area (Å²) in [7, 11) is -1.75. The van der Waals surface area contributed by atoms with E-state index in [1.807, 2.05) is 6.92 Å². The standard InChI is InChI=1S/C11H20N4O2S.ClH/c1-9(10-4-3-5-12-6-10)14-18(16,17)11-7-15(2)8-13-11;/h7-10,12,14H,3-6H2,1-2H3;1H. The van der Waals surface area contributed by atoms with Gasteiger partial charge in [0.05, 0.1) is 6.33 Å². The lowest BCUT2D eigenvalue weighted by Crippen LogP contribution is -2.44. The Hall–Kier alpha value is -0.630. The van der Waals surface area contributed by atoms with Crippen LogP contribution in [0, 0.1) is 5.92 Å². The van der Waals surface area contributed by atoms with E-state index in [1.165, 1.54) is 12.5 Å². The van der Waals surface area contributed by atoms with Crippen LogP contribution in [-0.2, 0) is 17.1 Å². The zero-order valence-corrected chi connectivity index (χ0v) is 12.8. The van der Waals surface area contributed by atoms with E-state index in [0.717, 1.165) is 25.9 Å². The molecule has 2 unspecified atom stereocenters. The average Bonchev–Trinajstić information content (AvgIpc) is 2.77. The van der Waals surface area contributed by atoms with Crippen molar-refractivity contribution in [2.75, 3.05) is 13.1 Å². The molecule has 1 aliphatic heterocycles. The van der Waals surface area contributed by atoms with Gasteiger partial charge in [0.2, 0.25) is 0 Å². The second-order valence-electron chi connectivity index (χ2n) is 4.89.